The molecule has 3 heterocycles. The molecule has 9 heteroatoms. The van der Waals surface area contributed by atoms with Crippen LogP contribution >= 0.6 is 11.3 Å². The van der Waals surface area contributed by atoms with E-state index in [1.54, 1.807) is 13.2 Å². The van der Waals surface area contributed by atoms with Crippen molar-refractivity contribution in [1.82, 2.24) is 14.4 Å². The summed E-state index contributed by atoms with van der Waals surface area (Å²) in [6.07, 6.45) is 0. The van der Waals surface area contributed by atoms with Crippen molar-refractivity contribution in [3.63, 3.8) is 0 Å². The van der Waals surface area contributed by atoms with E-state index < -0.39 is 10.0 Å². The van der Waals surface area contributed by atoms with Gasteiger partial charge in [-0.2, -0.15) is 9.29 Å². The first-order valence-electron chi connectivity index (χ1n) is 8.02. The third kappa shape index (κ3) is 2.91. The van der Waals surface area contributed by atoms with E-state index in [1.807, 2.05) is 37.3 Å². The molecular formula is C17H17N3O4S2. The van der Waals surface area contributed by atoms with Gasteiger partial charge in [-0.1, -0.05) is 17.3 Å². The van der Waals surface area contributed by atoms with Crippen LogP contribution in [0.3, 0.4) is 0 Å². The number of rotatable bonds is 5. The highest BCUT2D eigenvalue weighted by Crippen LogP contribution is 2.35. The molecule has 1 fully saturated rings. The molecule has 0 spiro atoms. The Morgan fingerprint density at radius 2 is 2.00 bits per heavy atom. The Bertz CT molecular complexity index is 1040. The first-order chi connectivity index (χ1) is 12.5. The fourth-order valence-corrected chi connectivity index (χ4v) is 5.78. The molecule has 1 aromatic carbocycles. The largest absolute Gasteiger partial charge is 0.496 e. The molecular weight excluding hydrogens is 374 g/mol. The number of sulfonamides is 1. The lowest BCUT2D eigenvalue weighted by Crippen LogP contribution is -2.48. The van der Waals surface area contributed by atoms with Crippen molar-refractivity contribution in [3.8, 4) is 17.1 Å². The van der Waals surface area contributed by atoms with Gasteiger partial charge in [0.2, 0.25) is 11.7 Å². The van der Waals surface area contributed by atoms with Crippen LogP contribution in [0.4, 0.5) is 0 Å². The number of methoxy groups -OCH3 is 1. The van der Waals surface area contributed by atoms with E-state index in [4.69, 9.17) is 9.26 Å². The highest BCUT2D eigenvalue weighted by atomic mass is 32.2. The normalized spacial score (nSPS) is 15.8. The molecule has 1 aliphatic heterocycles. The number of aryl methyl sites for hydroxylation is 1. The summed E-state index contributed by atoms with van der Waals surface area (Å²) < 4.78 is 37.6. The van der Waals surface area contributed by atoms with Crippen molar-refractivity contribution < 1.29 is 17.7 Å². The Morgan fingerprint density at radius 1 is 1.23 bits per heavy atom. The molecule has 0 bridgehead atoms. The smallest absolute Gasteiger partial charge is 0.252 e. The number of hydrogen-bond acceptors (Lipinski definition) is 7. The maximum absolute atomic E-state index is 12.6. The minimum atomic E-state index is -3.44. The number of aromatic nitrogens is 2. The van der Waals surface area contributed by atoms with Crippen LogP contribution in [-0.2, 0) is 10.0 Å². The van der Waals surface area contributed by atoms with Crippen LogP contribution < -0.4 is 4.74 Å². The second-order valence-electron chi connectivity index (χ2n) is 6.04. The predicted molar refractivity (Wildman–Crippen MR) is 96.8 cm³/mol. The average molecular weight is 391 g/mol. The van der Waals surface area contributed by atoms with Crippen molar-refractivity contribution >= 4 is 21.4 Å². The molecule has 7 nitrogen and oxygen atoms in total. The van der Waals surface area contributed by atoms with Crippen LogP contribution in [0.5, 0.6) is 5.75 Å². The molecule has 0 atom stereocenters. The lowest BCUT2D eigenvalue weighted by Gasteiger charge is -2.35. The highest BCUT2D eigenvalue weighted by Gasteiger charge is 2.41. The van der Waals surface area contributed by atoms with Crippen molar-refractivity contribution in [2.45, 2.75) is 17.1 Å². The van der Waals surface area contributed by atoms with Crippen LogP contribution in [0, 0.1) is 6.92 Å². The molecule has 26 heavy (non-hydrogen) atoms. The quantitative estimate of drug-likeness (QED) is 0.665. The summed E-state index contributed by atoms with van der Waals surface area (Å²) in [6, 6.07) is 10.9. The number of benzene rings is 1. The third-order valence-corrected chi connectivity index (χ3v) is 7.60. The first kappa shape index (κ1) is 17.2. The summed E-state index contributed by atoms with van der Waals surface area (Å²) >= 11 is 1.28. The van der Waals surface area contributed by atoms with E-state index in [2.05, 4.69) is 10.1 Å². The zero-order chi connectivity index (χ0) is 18.3. The number of para-hydroxylation sites is 1. The Morgan fingerprint density at radius 3 is 2.69 bits per heavy atom. The summed E-state index contributed by atoms with van der Waals surface area (Å²) in [5.41, 5.74) is 0.739. The lowest BCUT2D eigenvalue weighted by atomic mass is 10.0. The molecule has 3 aromatic rings. The van der Waals surface area contributed by atoms with Gasteiger partial charge in [-0.15, -0.1) is 11.3 Å². The molecule has 0 saturated carbocycles. The SMILES string of the molecule is COc1ccccc1-c1noc(C2CN(S(=O)(=O)c3ccc(C)s3)C2)n1. The highest BCUT2D eigenvalue weighted by molar-refractivity contribution is 7.91. The molecule has 136 valence electrons. The van der Waals surface area contributed by atoms with Gasteiger partial charge in [0.1, 0.15) is 9.96 Å². The average Bonchev–Trinajstić information content (AvgIpc) is 3.23. The van der Waals surface area contributed by atoms with Crippen molar-refractivity contribution in [3.05, 3.63) is 47.2 Å². The summed E-state index contributed by atoms with van der Waals surface area (Å²) in [5.74, 6) is 1.44. The van der Waals surface area contributed by atoms with E-state index in [-0.39, 0.29) is 5.92 Å². The summed E-state index contributed by atoms with van der Waals surface area (Å²) in [6.45, 7) is 2.57. The standard InChI is InChI=1S/C17H17N3O4S2/c1-11-7-8-15(25-11)26(21,22)20-9-12(10-20)17-18-16(19-24-17)13-5-3-4-6-14(13)23-2/h3-8,12H,9-10H2,1-2H3. The topological polar surface area (TPSA) is 85.5 Å². The van der Waals surface area contributed by atoms with E-state index in [1.165, 1.54) is 15.6 Å². The van der Waals surface area contributed by atoms with Gasteiger partial charge in [-0.05, 0) is 31.2 Å². The van der Waals surface area contributed by atoms with E-state index in [0.29, 0.717) is 34.8 Å². The Balaban J connectivity index is 1.49. The van der Waals surface area contributed by atoms with Gasteiger partial charge in [0.25, 0.3) is 10.0 Å². The lowest BCUT2D eigenvalue weighted by molar-refractivity contribution is 0.217. The van der Waals surface area contributed by atoms with Gasteiger partial charge < -0.3 is 9.26 Å². The van der Waals surface area contributed by atoms with Gasteiger partial charge in [-0.3, -0.25) is 0 Å². The predicted octanol–water partition coefficient (Wildman–Crippen LogP) is 2.90. The maximum Gasteiger partial charge on any atom is 0.252 e. The second-order valence-corrected chi connectivity index (χ2v) is 9.49. The Hall–Kier alpha value is -2.23. The number of nitrogens with zero attached hydrogens (tertiary/aromatic N) is 3. The number of hydrogen-bond donors (Lipinski definition) is 0. The monoisotopic (exact) mass is 391 g/mol. The number of thiophene rings is 1. The van der Waals surface area contributed by atoms with Gasteiger partial charge in [0, 0.05) is 18.0 Å². The molecule has 1 saturated heterocycles. The third-order valence-electron chi connectivity index (χ3n) is 4.30. The van der Waals surface area contributed by atoms with Crippen molar-refractivity contribution in [1.29, 1.82) is 0 Å². The fourth-order valence-electron chi connectivity index (χ4n) is 2.81. The van der Waals surface area contributed by atoms with Gasteiger partial charge in [0.05, 0.1) is 18.6 Å². The molecule has 0 unspecified atom stereocenters. The maximum atomic E-state index is 12.6. The summed E-state index contributed by atoms with van der Waals surface area (Å²) in [7, 11) is -1.85. The van der Waals surface area contributed by atoms with Gasteiger partial charge in [0.15, 0.2) is 0 Å². The molecule has 0 N–H and O–H groups in total. The van der Waals surface area contributed by atoms with E-state index >= 15 is 0 Å². The van der Waals surface area contributed by atoms with E-state index in [0.717, 1.165) is 10.4 Å². The molecule has 2 aromatic heterocycles. The molecule has 4 rings (SSSR count). The zero-order valence-corrected chi connectivity index (χ0v) is 15.9. The Kier molecular flexibility index (Phi) is 4.29. The van der Waals surface area contributed by atoms with E-state index in [9.17, 15) is 8.42 Å². The molecule has 0 aliphatic carbocycles. The molecule has 0 amide bonds. The Labute approximate surface area is 155 Å². The molecule has 0 radical (unpaired) electrons. The van der Waals surface area contributed by atoms with Crippen LogP contribution in [-0.4, -0.2) is 43.1 Å². The van der Waals surface area contributed by atoms with Crippen molar-refractivity contribution in [2.75, 3.05) is 20.2 Å². The minimum Gasteiger partial charge on any atom is -0.496 e. The minimum absolute atomic E-state index is 0.0956. The summed E-state index contributed by atoms with van der Waals surface area (Å²) in [4.78, 5) is 5.40. The molecule has 1 aliphatic rings. The summed E-state index contributed by atoms with van der Waals surface area (Å²) in [5, 5.41) is 4.01. The van der Waals surface area contributed by atoms with Crippen LogP contribution in [0.25, 0.3) is 11.4 Å². The van der Waals surface area contributed by atoms with Crippen molar-refractivity contribution in [2.24, 2.45) is 0 Å². The van der Waals surface area contributed by atoms with Crippen LogP contribution in [0.2, 0.25) is 0 Å². The fraction of sp³-hybridized carbons (Fsp3) is 0.294. The van der Waals surface area contributed by atoms with Crippen LogP contribution in [0.15, 0.2) is 45.1 Å². The number of ether oxygens (including phenoxy) is 1. The zero-order valence-electron chi connectivity index (χ0n) is 14.2. The second kappa shape index (κ2) is 6.49. The van der Waals surface area contributed by atoms with Gasteiger partial charge in [-0.25, -0.2) is 8.42 Å². The van der Waals surface area contributed by atoms with Gasteiger partial charge >= 0.3 is 0 Å². The first-order valence-corrected chi connectivity index (χ1v) is 10.3. The van der Waals surface area contributed by atoms with Crippen LogP contribution in [0.1, 0.15) is 16.7 Å².